The molecule has 0 rings (SSSR count). The molecule has 0 aliphatic carbocycles. The van der Waals surface area contributed by atoms with E-state index in [-0.39, 0.29) is 6.23 Å². The summed E-state index contributed by atoms with van der Waals surface area (Å²) in [4.78, 5) is 0. The van der Waals surface area contributed by atoms with Crippen LogP contribution in [0.2, 0.25) is 0 Å². The Bertz CT molecular complexity index is 343. The fraction of sp³-hybridized carbons (Fsp3) is 1.00. The Kier molecular flexibility index (Phi) is 17.5. The first kappa shape index (κ1) is 28.9. The second-order valence-electron chi connectivity index (χ2n) is 9.55. The first-order valence-electron chi connectivity index (χ1n) is 13.4. The van der Waals surface area contributed by atoms with Crippen LogP contribution in [-0.4, -0.2) is 66.1 Å². The van der Waals surface area contributed by atoms with Gasteiger partial charge in [-0.1, -0.05) is 53.4 Å². The van der Waals surface area contributed by atoms with Crippen molar-refractivity contribution in [1.82, 2.24) is 0 Å². The van der Waals surface area contributed by atoms with Crippen LogP contribution in [0, 0.1) is 0 Å². The summed E-state index contributed by atoms with van der Waals surface area (Å²) < 4.78 is 2.26. The monoisotopic (exact) mass is 414 g/mol. The van der Waals surface area contributed by atoms with Gasteiger partial charge in [0, 0.05) is 6.42 Å². The van der Waals surface area contributed by atoms with Crippen LogP contribution in [0.1, 0.15) is 119 Å². The summed E-state index contributed by atoms with van der Waals surface area (Å²) in [6.07, 6.45) is 14.9. The summed E-state index contributed by atoms with van der Waals surface area (Å²) >= 11 is 0. The Morgan fingerprint density at radius 1 is 0.517 bits per heavy atom. The van der Waals surface area contributed by atoms with Gasteiger partial charge in [0.1, 0.15) is 0 Å². The van der Waals surface area contributed by atoms with Crippen LogP contribution in [0.4, 0.5) is 0 Å². The van der Waals surface area contributed by atoms with Crippen LogP contribution in [0.3, 0.4) is 0 Å². The summed E-state index contributed by atoms with van der Waals surface area (Å²) in [7, 11) is 0. The SMILES string of the molecule is CCCC[N+](CC)(CCCC)CCCCCC(O)[N+](CC)(CCCC)CCCC. The maximum atomic E-state index is 11.1. The lowest BCUT2D eigenvalue weighted by atomic mass is 10.1. The molecule has 0 aromatic carbocycles. The van der Waals surface area contributed by atoms with Gasteiger partial charge in [-0.2, -0.15) is 0 Å². The normalized spacial score (nSPS) is 13.8. The molecule has 0 bridgehead atoms. The van der Waals surface area contributed by atoms with Gasteiger partial charge >= 0.3 is 0 Å². The molecular weight excluding hydrogens is 356 g/mol. The third kappa shape index (κ3) is 11.2. The van der Waals surface area contributed by atoms with Crippen molar-refractivity contribution in [1.29, 1.82) is 0 Å². The van der Waals surface area contributed by atoms with E-state index in [9.17, 15) is 5.11 Å². The van der Waals surface area contributed by atoms with E-state index in [1.807, 2.05) is 0 Å². The average Bonchev–Trinajstić information content (AvgIpc) is 2.75. The highest BCUT2D eigenvalue weighted by atomic mass is 16.3. The van der Waals surface area contributed by atoms with E-state index in [2.05, 4.69) is 41.5 Å². The van der Waals surface area contributed by atoms with Gasteiger partial charge in [0.2, 0.25) is 0 Å². The number of aliphatic hydroxyl groups is 1. The molecule has 29 heavy (non-hydrogen) atoms. The minimum absolute atomic E-state index is 0.163. The molecule has 3 heteroatoms. The molecular formula is C26H58N2O+2. The maximum absolute atomic E-state index is 11.1. The van der Waals surface area contributed by atoms with Crippen LogP contribution >= 0.6 is 0 Å². The van der Waals surface area contributed by atoms with Crippen LogP contribution in [-0.2, 0) is 0 Å². The molecule has 1 N–H and O–H groups in total. The van der Waals surface area contributed by atoms with Crippen molar-refractivity contribution in [2.24, 2.45) is 0 Å². The van der Waals surface area contributed by atoms with E-state index < -0.39 is 0 Å². The minimum Gasteiger partial charge on any atom is -0.345 e. The Balaban J connectivity index is 4.60. The van der Waals surface area contributed by atoms with Gasteiger partial charge in [0.15, 0.2) is 6.23 Å². The van der Waals surface area contributed by atoms with Crippen molar-refractivity contribution in [2.75, 3.05) is 45.8 Å². The Morgan fingerprint density at radius 3 is 1.38 bits per heavy atom. The zero-order chi connectivity index (χ0) is 22.0. The molecule has 0 amide bonds. The van der Waals surface area contributed by atoms with Gasteiger partial charge in [-0.25, -0.2) is 0 Å². The second-order valence-corrected chi connectivity index (χ2v) is 9.55. The zero-order valence-corrected chi connectivity index (χ0v) is 21.4. The maximum Gasteiger partial charge on any atom is 0.190 e. The summed E-state index contributed by atoms with van der Waals surface area (Å²) in [5, 5.41) is 11.1. The third-order valence-electron chi connectivity index (χ3n) is 7.41. The molecule has 0 fully saturated rings. The predicted octanol–water partition coefficient (Wildman–Crippen LogP) is 6.74. The molecule has 1 unspecified atom stereocenters. The van der Waals surface area contributed by atoms with Crippen molar-refractivity contribution >= 4 is 0 Å². The van der Waals surface area contributed by atoms with Crippen molar-refractivity contribution < 1.29 is 14.1 Å². The van der Waals surface area contributed by atoms with Gasteiger partial charge in [0.25, 0.3) is 0 Å². The predicted molar refractivity (Wildman–Crippen MR) is 130 cm³/mol. The van der Waals surface area contributed by atoms with Crippen molar-refractivity contribution in [3.63, 3.8) is 0 Å². The van der Waals surface area contributed by atoms with E-state index in [0.29, 0.717) is 0 Å². The molecule has 176 valence electrons. The highest BCUT2D eigenvalue weighted by Gasteiger charge is 2.32. The van der Waals surface area contributed by atoms with Crippen LogP contribution < -0.4 is 0 Å². The van der Waals surface area contributed by atoms with E-state index in [0.717, 1.165) is 30.5 Å². The summed E-state index contributed by atoms with van der Waals surface area (Å²) in [6.45, 7) is 22.6. The lowest BCUT2D eigenvalue weighted by Crippen LogP contribution is -2.56. The third-order valence-corrected chi connectivity index (χ3v) is 7.41. The number of rotatable bonds is 21. The smallest absolute Gasteiger partial charge is 0.190 e. The molecule has 1 atom stereocenters. The molecule has 0 radical (unpaired) electrons. The highest BCUT2D eigenvalue weighted by molar-refractivity contribution is 4.54. The fourth-order valence-electron chi connectivity index (χ4n) is 4.90. The second kappa shape index (κ2) is 17.5. The van der Waals surface area contributed by atoms with Gasteiger partial charge in [-0.15, -0.1) is 0 Å². The molecule has 0 aliphatic heterocycles. The average molecular weight is 415 g/mol. The van der Waals surface area contributed by atoms with Gasteiger partial charge in [-0.05, 0) is 58.8 Å². The van der Waals surface area contributed by atoms with Crippen molar-refractivity contribution in [3.8, 4) is 0 Å². The largest absolute Gasteiger partial charge is 0.345 e. The Labute approximate surface area is 185 Å². The van der Waals surface area contributed by atoms with Crippen LogP contribution in [0.15, 0.2) is 0 Å². The zero-order valence-electron chi connectivity index (χ0n) is 21.4. The van der Waals surface area contributed by atoms with Gasteiger partial charge in [0.05, 0.1) is 45.8 Å². The molecule has 0 aliphatic rings. The van der Waals surface area contributed by atoms with E-state index in [1.165, 1.54) is 101 Å². The number of hydrogen-bond donors (Lipinski definition) is 1. The highest BCUT2D eigenvalue weighted by Crippen LogP contribution is 2.21. The van der Waals surface area contributed by atoms with E-state index in [4.69, 9.17) is 0 Å². The number of nitrogens with zero attached hydrogens (tertiary/aromatic N) is 2. The van der Waals surface area contributed by atoms with Crippen molar-refractivity contribution in [3.05, 3.63) is 0 Å². The van der Waals surface area contributed by atoms with Crippen molar-refractivity contribution in [2.45, 2.75) is 125 Å². The van der Waals surface area contributed by atoms with E-state index >= 15 is 0 Å². The van der Waals surface area contributed by atoms with Crippen LogP contribution in [0.25, 0.3) is 0 Å². The first-order valence-corrected chi connectivity index (χ1v) is 13.4. The summed E-state index contributed by atoms with van der Waals surface area (Å²) in [6, 6.07) is 0. The van der Waals surface area contributed by atoms with Gasteiger partial charge in [-0.3, -0.25) is 4.48 Å². The standard InChI is InChI=1S/C26H58N2O/c1-7-13-21-27(11-5,22-14-8-2)23-19-17-18-20-26(29)28(12-6,24-15-9-3)25-16-10-4/h26,29H,7-25H2,1-6H3/q+2. The Morgan fingerprint density at radius 2 is 0.966 bits per heavy atom. The summed E-state index contributed by atoms with van der Waals surface area (Å²) in [5.41, 5.74) is 0. The number of hydrogen-bond acceptors (Lipinski definition) is 1. The van der Waals surface area contributed by atoms with E-state index in [1.54, 1.807) is 0 Å². The minimum atomic E-state index is -0.163. The quantitative estimate of drug-likeness (QED) is 0.125. The lowest BCUT2D eigenvalue weighted by molar-refractivity contribution is -0.970. The van der Waals surface area contributed by atoms with Crippen LogP contribution in [0.5, 0.6) is 0 Å². The number of quaternary nitrogens is 2. The molecule has 0 heterocycles. The molecule has 0 saturated carbocycles. The lowest BCUT2D eigenvalue weighted by Gasteiger charge is -2.42. The molecule has 0 aromatic heterocycles. The molecule has 0 aromatic rings. The molecule has 3 nitrogen and oxygen atoms in total. The topological polar surface area (TPSA) is 20.2 Å². The first-order chi connectivity index (χ1) is 14.0. The number of aliphatic hydroxyl groups excluding tert-OH is 1. The van der Waals surface area contributed by atoms with Gasteiger partial charge < -0.3 is 9.59 Å². The fourth-order valence-corrected chi connectivity index (χ4v) is 4.90. The molecule has 0 spiro atoms. The molecule has 0 saturated heterocycles. The summed E-state index contributed by atoms with van der Waals surface area (Å²) in [5.74, 6) is 0. The Hall–Kier alpha value is -0.120. The number of unbranched alkanes of at least 4 members (excludes halogenated alkanes) is 6.